The zero-order valence-electron chi connectivity index (χ0n) is 10.2. The summed E-state index contributed by atoms with van der Waals surface area (Å²) in [6.45, 7) is 2.62. The SMILES string of the molecule is Cc1cc(NCCSc2nnnn2C)nc(N)n1. The molecule has 0 aliphatic rings. The fourth-order valence-electron chi connectivity index (χ4n) is 1.35. The number of thioether (sulfide) groups is 1. The van der Waals surface area contributed by atoms with Gasteiger partial charge >= 0.3 is 0 Å². The van der Waals surface area contributed by atoms with Gasteiger partial charge < -0.3 is 11.1 Å². The van der Waals surface area contributed by atoms with Crippen LogP contribution >= 0.6 is 11.8 Å². The lowest BCUT2D eigenvalue weighted by atomic mass is 10.4. The van der Waals surface area contributed by atoms with Gasteiger partial charge in [0.2, 0.25) is 11.1 Å². The van der Waals surface area contributed by atoms with Crippen molar-refractivity contribution in [2.75, 3.05) is 23.3 Å². The van der Waals surface area contributed by atoms with Crippen LogP contribution in [0.15, 0.2) is 11.2 Å². The molecule has 2 heterocycles. The lowest BCUT2D eigenvalue weighted by Crippen LogP contribution is -2.08. The van der Waals surface area contributed by atoms with Crippen molar-refractivity contribution in [2.24, 2.45) is 7.05 Å². The number of aromatic nitrogens is 6. The van der Waals surface area contributed by atoms with Gasteiger partial charge in [-0.05, 0) is 17.4 Å². The Kier molecular flexibility index (Phi) is 3.92. The van der Waals surface area contributed by atoms with Gasteiger partial charge in [-0.2, -0.15) is 4.98 Å². The summed E-state index contributed by atoms with van der Waals surface area (Å²) in [4.78, 5) is 8.09. The molecule has 0 saturated heterocycles. The molecule has 0 aliphatic carbocycles. The summed E-state index contributed by atoms with van der Waals surface area (Å²) in [5.74, 6) is 1.84. The van der Waals surface area contributed by atoms with Crippen LogP contribution in [-0.2, 0) is 7.05 Å². The summed E-state index contributed by atoms with van der Waals surface area (Å²) >= 11 is 1.57. The predicted molar refractivity (Wildman–Crippen MR) is 69.2 cm³/mol. The van der Waals surface area contributed by atoms with Crippen molar-refractivity contribution in [1.82, 2.24) is 30.2 Å². The number of hydrogen-bond acceptors (Lipinski definition) is 8. The molecule has 96 valence electrons. The van der Waals surface area contributed by atoms with Gasteiger partial charge in [0.15, 0.2) is 0 Å². The average Bonchev–Trinajstić information content (AvgIpc) is 2.69. The van der Waals surface area contributed by atoms with Gasteiger partial charge in [0, 0.05) is 31.1 Å². The smallest absolute Gasteiger partial charge is 0.222 e. The van der Waals surface area contributed by atoms with E-state index in [0.717, 1.165) is 29.0 Å². The molecule has 0 amide bonds. The van der Waals surface area contributed by atoms with Crippen molar-refractivity contribution in [3.8, 4) is 0 Å². The molecule has 0 spiro atoms. The Balaban J connectivity index is 1.80. The molecule has 2 aromatic rings. The molecule has 0 aromatic carbocycles. The summed E-state index contributed by atoms with van der Waals surface area (Å²) in [7, 11) is 1.81. The third kappa shape index (κ3) is 3.29. The molecule has 0 radical (unpaired) electrons. The van der Waals surface area contributed by atoms with E-state index in [2.05, 4.69) is 30.8 Å². The summed E-state index contributed by atoms with van der Waals surface area (Å²) in [6, 6.07) is 1.85. The van der Waals surface area contributed by atoms with Crippen LogP contribution in [0.5, 0.6) is 0 Å². The minimum Gasteiger partial charge on any atom is -0.369 e. The predicted octanol–water partition coefficient (Wildman–Crippen LogP) is 0.0949. The Bertz CT molecular complexity index is 505. The van der Waals surface area contributed by atoms with E-state index in [0.29, 0.717) is 0 Å². The van der Waals surface area contributed by atoms with Crippen molar-refractivity contribution in [3.63, 3.8) is 0 Å². The topological polar surface area (TPSA) is 107 Å². The molecule has 3 N–H and O–H groups in total. The van der Waals surface area contributed by atoms with E-state index in [4.69, 9.17) is 5.73 Å². The Labute approximate surface area is 108 Å². The largest absolute Gasteiger partial charge is 0.369 e. The number of anilines is 2. The molecule has 0 atom stereocenters. The van der Waals surface area contributed by atoms with Crippen LogP contribution < -0.4 is 11.1 Å². The van der Waals surface area contributed by atoms with Crippen LogP contribution in [0.2, 0.25) is 0 Å². The molecule has 0 saturated carbocycles. The molecule has 0 fully saturated rings. The third-order valence-corrected chi connectivity index (χ3v) is 3.10. The Morgan fingerprint density at radius 1 is 1.44 bits per heavy atom. The highest BCUT2D eigenvalue weighted by atomic mass is 32.2. The Hall–Kier alpha value is -1.90. The van der Waals surface area contributed by atoms with Crippen LogP contribution in [0.4, 0.5) is 11.8 Å². The lowest BCUT2D eigenvalue weighted by molar-refractivity contribution is 0.664. The van der Waals surface area contributed by atoms with Gasteiger partial charge in [0.05, 0.1) is 0 Å². The molecule has 2 aromatic heterocycles. The zero-order chi connectivity index (χ0) is 13.0. The number of nitrogens with two attached hydrogens (primary N) is 1. The molecular formula is C9H14N8S. The van der Waals surface area contributed by atoms with Gasteiger partial charge in [-0.1, -0.05) is 11.8 Å². The maximum absolute atomic E-state index is 5.56. The monoisotopic (exact) mass is 266 g/mol. The summed E-state index contributed by atoms with van der Waals surface area (Å²) in [6.07, 6.45) is 0. The number of nitrogens with zero attached hydrogens (tertiary/aromatic N) is 6. The zero-order valence-corrected chi connectivity index (χ0v) is 11.0. The van der Waals surface area contributed by atoms with E-state index in [1.165, 1.54) is 0 Å². The first kappa shape index (κ1) is 12.6. The fourth-order valence-corrected chi connectivity index (χ4v) is 2.05. The summed E-state index contributed by atoms with van der Waals surface area (Å²) in [5.41, 5.74) is 6.41. The number of tetrazole rings is 1. The van der Waals surface area contributed by atoms with Crippen LogP contribution in [0.25, 0.3) is 0 Å². The first-order chi connectivity index (χ1) is 8.65. The quantitative estimate of drug-likeness (QED) is 0.579. The van der Waals surface area contributed by atoms with Crippen LogP contribution in [0.1, 0.15) is 5.69 Å². The van der Waals surface area contributed by atoms with Crippen molar-refractivity contribution >= 4 is 23.5 Å². The second-order valence-corrected chi connectivity index (χ2v) is 4.68. The maximum atomic E-state index is 5.56. The van der Waals surface area contributed by atoms with Crippen LogP contribution in [0, 0.1) is 6.92 Å². The number of nitrogen functional groups attached to an aromatic ring is 1. The molecule has 0 aliphatic heterocycles. The molecular weight excluding hydrogens is 252 g/mol. The second kappa shape index (κ2) is 5.63. The molecule has 0 bridgehead atoms. The third-order valence-electron chi connectivity index (χ3n) is 2.09. The lowest BCUT2D eigenvalue weighted by Gasteiger charge is -2.06. The highest BCUT2D eigenvalue weighted by Crippen LogP contribution is 2.12. The molecule has 18 heavy (non-hydrogen) atoms. The number of rotatable bonds is 5. The fraction of sp³-hybridized carbons (Fsp3) is 0.444. The van der Waals surface area contributed by atoms with E-state index >= 15 is 0 Å². The van der Waals surface area contributed by atoms with Gasteiger partial charge in [0.25, 0.3) is 0 Å². The second-order valence-electron chi connectivity index (χ2n) is 3.61. The molecule has 9 heteroatoms. The van der Waals surface area contributed by atoms with E-state index in [9.17, 15) is 0 Å². The molecule has 0 unspecified atom stereocenters. The van der Waals surface area contributed by atoms with E-state index in [1.54, 1.807) is 16.4 Å². The highest BCUT2D eigenvalue weighted by molar-refractivity contribution is 7.99. The van der Waals surface area contributed by atoms with E-state index in [1.807, 2.05) is 20.0 Å². The maximum Gasteiger partial charge on any atom is 0.222 e. The van der Waals surface area contributed by atoms with E-state index < -0.39 is 0 Å². The van der Waals surface area contributed by atoms with Crippen molar-refractivity contribution < 1.29 is 0 Å². The molecule has 2 rings (SSSR count). The van der Waals surface area contributed by atoms with Crippen molar-refractivity contribution in [1.29, 1.82) is 0 Å². The first-order valence-electron chi connectivity index (χ1n) is 5.35. The standard InChI is InChI=1S/C9H14N8S/c1-6-5-7(13-8(10)12-6)11-3-4-18-9-14-15-16-17(9)2/h5H,3-4H2,1-2H3,(H3,10,11,12,13). The van der Waals surface area contributed by atoms with Crippen molar-refractivity contribution in [2.45, 2.75) is 12.1 Å². The van der Waals surface area contributed by atoms with Gasteiger partial charge in [0.1, 0.15) is 5.82 Å². The van der Waals surface area contributed by atoms with Crippen molar-refractivity contribution in [3.05, 3.63) is 11.8 Å². The normalized spacial score (nSPS) is 10.6. The van der Waals surface area contributed by atoms with Crippen LogP contribution in [-0.4, -0.2) is 42.5 Å². The number of aryl methyl sites for hydroxylation is 2. The minimum atomic E-state index is 0.280. The average molecular weight is 266 g/mol. The van der Waals surface area contributed by atoms with Crippen LogP contribution in [0.3, 0.4) is 0 Å². The number of hydrogen-bond donors (Lipinski definition) is 2. The summed E-state index contributed by atoms with van der Waals surface area (Å²) < 4.78 is 1.64. The summed E-state index contributed by atoms with van der Waals surface area (Å²) in [5, 5.41) is 15.2. The first-order valence-corrected chi connectivity index (χ1v) is 6.34. The highest BCUT2D eigenvalue weighted by Gasteiger charge is 2.02. The van der Waals surface area contributed by atoms with E-state index in [-0.39, 0.29) is 5.95 Å². The van der Waals surface area contributed by atoms with Gasteiger partial charge in [-0.3, -0.25) is 0 Å². The minimum absolute atomic E-state index is 0.280. The number of nitrogens with one attached hydrogen (secondary N) is 1. The molecule has 8 nitrogen and oxygen atoms in total. The Morgan fingerprint density at radius 3 is 2.94 bits per heavy atom. The Morgan fingerprint density at radius 2 is 2.28 bits per heavy atom. The van der Waals surface area contributed by atoms with Gasteiger partial charge in [-0.15, -0.1) is 5.10 Å². The van der Waals surface area contributed by atoms with Gasteiger partial charge in [-0.25, -0.2) is 9.67 Å².